The number of unbranched alkanes of at least 4 members (excludes halogenated alkanes) is 1. The second kappa shape index (κ2) is 6.65. The molecule has 0 saturated carbocycles. The van der Waals surface area contributed by atoms with Crippen molar-refractivity contribution in [1.82, 2.24) is 0 Å². The molecule has 20 heavy (non-hydrogen) atoms. The molecular weight excluding hydrogens is 251 g/mol. The van der Waals surface area contributed by atoms with Crippen LogP contribution in [0.5, 0.6) is 0 Å². The van der Waals surface area contributed by atoms with E-state index >= 15 is 0 Å². The molecule has 0 aliphatic heterocycles. The smallest absolute Gasteiger partial charge is 0.166 e. The largest absolute Gasteiger partial charge is 0.294 e. The van der Waals surface area contributed by atoms with Crippen LogP contribution < -0.4 is 0 Å². The van der Waals surface area contributed by atoms with Crippen LogP contribution in [0.15, 0.2) is 36.4 Å². The third-order valence-electron chi connectivity index (χ3n) is 3.91. The van der Waals surface area contributed by atoms with Crippen molar-refractivity contribution in [2.45, 2.75) is 39.5 Å². The van der Waals surface area contributed by atoms with Crippen LogP contribution in [0.1, 0.15) is 49.9 Å². The lowest BCUT2D eigenvalue weighted by atomic mass is 9.88. The first-order valence-corrected chi connectivity index (χ1v) is 7.40. The number of Topliss-reactive ketones (excluding diaryl/α,β-unsaturated/α-hetero) is 1. The highest BCUT2D eigenvalue weighted by molar-refractivity contribution is 6.09. The maximum atomic E-state index is 13.8. The minimum atomic E-state index is -0.265. The summed E-state index contributed by atoms with van der Waals surface area (Å²) in [6, 6.07) is 10.3. The summed E-state index contributed by atoms with van der Waals surface area (Å²) in [6.45, 7) is 4.18. The minimum absolute atomic E-state index is 0.0452. The van der Waals surface area contributed by atoms with Crippen LogP contribution in [0.4, 0.5) is 4.39 Å². The predicted octanol–water partition coefficient (Wildman–Crippen LogP) is 5.38. The Labute approximate surface area is 119 Å². The number of hydrogen-bond acceptors (Lipinski definition) is 1. The highest BCUT2D eigenvalue weighted by Crippen LogP contribution is 2.26. The zero-order chi connectivity index (χ0) is 14.5. The fourth-order valence-electron chi connectivity index (χ4n) is 2.67. The molecule has 1 atom stereocenters. The zero-order valence-corrected chi connectivity index (χ0v) is 12.2. The van der Waals surface area contributed by atoms with Gasteiger partial charge in [0.1, 0.15) is 5.82 Å². The lowest BCUT2D eigenvalue weighted by Gasteiger charge is -2.15. The molecule has 0 heterocycles. The molecule has 0 fully saturated rings. The lowest BCUT2D eigenvalue weighted by Crippen LogP contribution is -2.14. The van der Waals surface area contributed by atoms with Gasteiger partial charge in [-0.25, -0.2) is 4.39 Å². The quantitative estimate of drug-likeness (QED) is 0.645. The lowest BCUT2D eigenvalue weighted by molar-refractivity contribution is 0.0910. The molecule has 0 N–H and O–H groups in total. The third kappa shape index (κ3) is 2.90. The number of hydrogen-bond donors (Lipinski definition) is 0. The molecule has 0 aliphatic rings. The number of carbonyl (C=O) groups excluding carboxylic acids is 1. The molecule has 2 heteroatoms. The van der Waals surface area contributed by atoms with Crippen molar-refractivity contribution in [3.05, 3.63) is 47.8 Å². The monoisotopic (exact) mass is 272 g/mol. The van der Waals surface area contributed by atoms with Crippen molar-refractivity contribution in [3.8, 4) is 0 Å². The Kier molecular flexibility index (Phi) is 4.89. The van der Waals surface area contributed by atoms with Crippen molar-refractivity contribution in [3.63, 3.8) is 0 Å². The van der Waals surface area contributed by atoms with Gasteiger partial charge < -0.3 is 0 Å². The van der Waals surface area contributed by atoms with Crippen LogP contribution in [-0.4, -0.2) is 5.78 Å². The number of halogens is 1. The highest BCUT2D eigenvalue weighted by Gasteiger charge is 2.20. The molecule has 106 valence electrons. The van der Waals surface area contributed by atoms with Crippen LogP contribution in [0, 0.1) is 11.7 Å². The maximum absolute atomic E-state index is 13.8. The van der Waals surface area contributed by atoms with Crippen molar-refractivity contribution in [2.24, 2.45) is 5.92 Å². The average Bonchev–Trinajstić information content (AvgIpc) is 2.48. The first-order valence-electron chi connectivity index (χ1n) is 7.40. The summed E-state index contributed by atoms with van der Waals surface area (Å²) in [6.07, 6.45) is 3.90. The van der Waals surface area contributed by atoms with Gasteiger partial charge in [0.15, 0.2) is 5.78 Å². The maximum Gasteiger partial charge on any atom is 0.166 e. The SMILES string of the molecule is CCCCC(CC)C(=O)c1ccc(F)c2ccccc12. The topological polar surface area (TPSA) is 17.1 Å². The third-order valence-corrected chi connectivity index (χ3v) is 3.91. The number of ketones is 1. The summed E-state index contributed by atoms with van der Waals surface area (Å²) in [5.41, 5.74) is 0.657. The summed E-state index contributed by atoms with van der Waals surface area (Å²) in [4.78, 5) is 12.7. The van der Waals surface area contributed by atoms with Crippen LogP contribution >= 0.6 is 0 Å². The second-order valence-corrected chi connectivity index (χ2v) is 5.25. The first kappa shape index (κ1) is 14.7. The van der Waals surface area contributed by atoms with Gasteiger partial charge in [-0.2, -0.15) is 0 Å². The molecule has 0 amide bonds. The molecule has 2 aromatic rings. The van der Waals surface area contributed by atoms with Gasteiger partial charge in [-0.1, -0.05) is 51.0 Å². The summed E-state index contributed by atoms with van der Waals surface area (Å²) >= 11 is 0. The molecule has 0 saturated heterocycles. The van der Waals surface area contributed by atoms with Crippen molar-refractivity contribution < 1.29 is 9.18 Å². The van der Waals surface area contributed by atoms with E-state index in [1.165, 1.54) is 6.07 Å². The molecule has 0 radical (unpaired) electrons. The minimum Gasteiger partial charge on any atom is -0.294 e. The Morgan fingerprint density at radius 3 is 2.45 bits per heavy atom. The van der Waals surface area contributed by atoms with Crippen LogP contribution in [0.3, 0.4) is 0 Å². The number of fused-ring (bicyclic) bond motifs is 1. The van der Waals surface area contributed by atoms with E-state index in [1.807, 2.05) is 19.1 Å². The molecule has 1 nitrogen and oxygen atoms in total. The molecule has 0 aliphatic carbocycles. The molecule has 0 spiro atoms. The van der Waals surface area contributed by atoms with Crippen LogP contribution in [0.25, 0.3) is 10.8 Å². The molecule has 1 unspecified atom stereocenters. The zero-order valence-electron chi connectivity index (χ0n) is 12.2. The van der Waals surface area contributed by atoms with Gasteiger partial charge in [0.05, 0.1) is 0 Å². The van der Waals surface area contributed by atoms with E-state index in [4.69, 9.17) is 0 Å². The van der Waals surface area contributed by atoms with E-state index in [1.54, 1.807) is 18.2 Å². The Balaban J connectivity index is 2.41. The molecule has 0 aromatic heterocycles. The average molecular weight is 272 g/mol. The van der Waals surface area contributed by atoms with Gasteiger partial charge in [-0.3, -0.25) is 4.79 Å². The Morgan fingerprint density at radius 1 is 1.10 bits per heavy atom. The van der Waals surface area contributed by atoms with Crippen LogP contribution in [-0.2, 0) is 0 Å². The van der Waals surface area contributed by atoms with Crippen molar-refractivity contribution >= 4 is 16.6 Å². The van der Waals surface area contributed by atoms with Gasteiger partial charge in [0.25, 0.3) is 0 Å². The van der Waals surface area contributed by atoms with Crippen LogP contribution in [0.2, 0.25) is 0 Å². The summed E-state index contributed by atoms with van der Waals surface area (Å²) in [5.74, 6) is -0.0697. The van der Waals surface area contributed by atoms with Gasteiger partial charge in [0, 0.05) is 16.9 Å². The Morgan fingerprint density at radius 2 is 1.80 bits per heavy atom. The predicted molar refractivity (Wildman–Crippen MR) is 81.5 cm³/mol. The Bertz CT molecular complexity index is 603. The van der Waals surface area contributed by atoms with E-state index < -0.39 is 0 Å². The first-order chi connectivity index (χ1) is 9.69. The Hall–Kier alpha value is -1.70. The fourth-order valence-corrected chi connectivity index (χ4v) is 2.67. The number of carbonyl (C=O) groups is 1. The molecule has 0 bridgehead atoms. The van der Waals surface area contributed by atoms with E-state index in [9.17, 15) is 9.18 Å². The number of benzene rings is 2. The molecule has 2 rings (SSSR count). The summed E-state index contributed by atoms with van der Waals surface area (Å²) in [7, 11) is 0. The van der Waals surface area contributed by atoms with Crippen molar-refractivity contribution in [1.29, 1.82) is 0 Å². The van der Waals surface area contributed by atoms with E-state index in [0.717, 1.165) is 31.1 Å². The van der Waals surface area contributed by atoms with E-state index in [2.05, 4.69) is 6.92 Å². The van der Waals surface area contributed by atoms with Gasteiger partial charge >= 0.3 is 0 Å². The molecular formula is C18H21FO. The van der Waals surface area contributed by atoms with E-state index in [-0.39, 0.29) is 17.5 Å². The van der Waals surface area contributed by atoms with Gasteiger partial charge in [-0.05, 0) is 30.4 Å². The second-order valence-electron chi connectivity index (χ2n) is 5.25. The van der Waals surface area contributed by atoms with Crippen molar-refractivity contribution in [2.75, 3.05) is 0 Å². The summed E-state index contributed by atoms with van der Waals surface area (Å²) < 4.78 is 13.8. The highest BCUT2D eigenvalue weighted by atomic mass is 19.1. The standard InChI is InChI=1S/C18H21FO/c1-3-5-8-13(4-2)18(20)16-11-12-17(19)15-10-7-6-9-14(15)16/h6-7,9-13H,3-5,8H2,1-2H3. The summed E-state index contributed by atoms with van der Waals surface area (Å²) in [5, 5.41) is 1.26. The molecule has 2 aromatic carbocycles. The van der Waals surface area contributed by atoms with Gasteiger partial charge in [-0.15, -0.1) is 0 Å². The van der Waals surface area contributed by atoms with E-state index in [0.29, 0.717) is 10.9 Å². The normalized spacial score (nSPS) is 12.6. The van der Waals surface area contributed by atoms with Gasteiger partial charge in [0.2, 0.25) is 0 Å². The fraction of sp³-hybridized carbons (Fsp3) is 0.389. The number of rotatable bonds is 6.